The first-order valence-corrected chi connectivity index (χ1v) is 8.81. The Hall–Kier alpha value is -1.88. The second kappa shape index (κ2) is 7.34. The molecule has 0 radical (unpaired) electrons. The molecule has 0 bridgehead atoms. The number of ether oxygens (including phenoxy) is 1. The number of nitrogens with one attached hydrogen (secondary N) is 1. The van der Waals surface area contributed by atoms with Gasteiger partial charge >= 0.3 is 0 Å². The molecule has 1 aliphatic heterocycles. The van der Waals surface area contributed by atoms with Crippen molar-refractivity contribution < 1.29 is 14.3 Å². The van der Waals surface area contributed by atoms with Crippen LogP contribution < -0.4 is 5.32 Å². The number of carbonyl (C=O) groups excluding carboxylic acids is 2. The van der Waals surface area contributed by atoms with Crippen molar-refractivity contribution in [2.24, 2.45) is 5.92 Å². The van der Waals surface area contributed by atoms with Crippen LogP contribution in [0.5, 0.6) is 0 Å². The largest absolute Gasteiger partial charge is 0.376 e. The first-order chi connectivity index (χ1) is 11.5. The third kappa shape index (κ3) is 4.15. The van der Waals surface area contributed by atoms with Crippen LogP contribution in [0.1, 0.15) is 36.8 Å². The number of amides is 2. The molecule has 1 saturated carbocycles. The van der Waals surface area contributed by atoms with E-state index in [0.29, 0.717) is 6.54 Å². The molecule has 24 heavy (non-hydrogen) atoms. The predicted octanol–water partition coefficient (Wildman–Crippen LogP) is 2.66. The zero-order chi connectivity index (χ0) is 17.1. The van der Waals surface area contributed by atoms with Crippen LogP contribution in [-0.2, 0) is 14.3 Å². The van der Waals surface area contributed by atoms with E-state index >= 15 is 0 Å². The number of anilines is 1. The number of aryl methyl sites for hydroxylation is 1. The van der Waals surface area contributed by atoms with Crippen molar-refractivity contribution in [1.82, 2.24) is 4.90 Å². The summed E-state index contributed by atoms with van der Waals surface area (Å²) in [5.74, 6) is 0.0669. The normalized spacial score (nSPS) is 20.0. The molecule has 3 rings (SSSR count). The lowest BCUT2D eigenvalue weighted by Gasteiger charge is -2.25. The summed E-state index contributed by atoms with van der Waals surface area (Å²) in [4.78, 5) is 26.6. The van der Waals surface area contributed by atoms with Gasteiger partial charge in [0.05, 0.1) is 12.6 Å². The Morgan fingerprint density at radius 2 is 2.04 bits per heavy atom. The third-order valence-electron chi connectivity index (χ3n) is 4.90. The Morgan fingerprint density at radius 1 is 1.25 bits per heavy atom. The molecule has 1 aliphatic carbocycles. The zero-order valence-corrected chi connectivity index (χ0v) is 14.5. The monoisotopic (exact) mass is 330 g/mol. The van der Waals surface area contributed by atoms with Gasteiger partial charge in [-0.2, -0.15) is 0 Å². The van der Waals surface area contributed by atoms with E-state index in [1.165, 1.54) is 0 Å². The topological polar surface area (TPSA) is 58.6 Å². The van der Waals surface area contributed by atoms with E-state index < -0.39 is 0 Å². The highest BCUT2D eigenvalue weighted by Gasteiger charge is 2.35. The van der Waals surface area contributed by atoms with Crippen molar-refractivity contribution in [3.63, 3.8) is 0 Å². The minimum atomic E-state index is -0.143. The molecule has 2 aliphatic rings. The van der Waals surface area contributed by atoms with E-state index in [1.54, 1.807) is 4.90 Å². The van der Waals surface area contributed by atoms with Crippen LogP contribution in [0.25, 0.3) is 0 Å². The van der Waals surface area contributed by atoms with Crippen molar-refractivity contribution in [3.05, 3.63) is 29.3 Å². The highest BCUT2D eigenvalue weighted by Crippen LogP contribution is 2.31. The predicted molar refractivity (Wildman–Crippen MR) is 92.8 cm³/mol. The number of carbonyl (C=O) groups is 2. The minimum absolute atomic E-state index is 0.0706. The number of nitrogens with zero attached hydrogens (tertiary/aromatic N) is 1. The number of rotatable bonds is 6. The van der Waals surface area contributed by atoms with Crippen LogP contribution in [-0.4, -0.2) is 42.5 Å². The van der Waals surface area contributed by atoms with Gasteiger partial charge in [-0.15, -0.1) is 0 Å². The highest BCUT2D eigenvalue weighted by atomic mass is 16.5. The molecule has 1 unspecified atom stereocenters. The number of hydrogen-bond donors (Lipinski definition) is 1. The van der Waals surface area contributed by atoms with Crippen LogP contribution in [0.3, 0.4) is 0 Å². The molecule has 0 aromatic heterocycles. The van der Waals surface area contributed by atoms with Gasteiger partial charge in [0.25, 0.3) is 0 Å². The lowest BCUT2D eigenvalue weighted by molar-refractivity contribution is -0.137. The van der Waals surface area contributed by atoms with Crippen molar-refractivity contribution in [1.29, 1.82) is 0 Å². The fourth-order valence-electron chi connectivity index (χ4n) is 3.10. The van der Waals surface area contributed by atoms with Crippen molar-refractivity contribution in [3.8, 4) is 0 Å². The van der Waals surface area contributed by atoms with E-state index in [2.05, 4.69) is 5.32 Å². The van der Waals surface area contributed by atoms with Crippen molar-refractivity contribution in [2.75, 3.05) is 25.0 Å². The average molecular weight is 330 g/mol. The molecule has 130 valence electrons. The molecule has 1 aromatic rings. The standard InChI is InChI=1S/C19H26N2O3/c1-13-5-3-7-17(14(13)2)20-18(22)12-21(19(23)15-8-9-15)11-16-6-4-10-24-16/h3,5,7,15-16H,4,6,8-12H2,1-2H3,(H,20,22). The van der Waals surface area contributed by atoms with Crippen LogP contribution >= 0.6 is 0 Å². The van der Waals surface area contributed by atoms with Gasteiger partial charge in [0.1, 0.15) is 0 Å². The second-order valence-corrected chi connectivity index (χ2v) is 6.92. The molecule has 2 amide bonds. The molecule has 2 fully saturated rings. The van der Waals surface area contributed by atoms with Crippen LogP contribution in [0.15, 0.2) is 18.2 Å². The summed E-state index contributed by atoms with van der Waals surface area (Å²) in [7, 11) is 0. The summed E-state index contributed by atoms with van der Waals surface area (Å²) < 4.78 is 5.64. The van der Waals surface area contributed by atoms with E-state index in [1.807, 2.05) is 32.0 Å². The molecule has 5 nitrogen and oxygen atoms in total. The lowest BCUT2D eigenvalue weighted by atomic mass is 10.1. The highest BCUT2D eigenvalue weighted by molar-refractivity contribution is 5.95. The van der Waals surface area contributed by atoms with E-state index in [9.17, 15) is 9.59 Å². The van der Waals surface area contributed by atoms with Gasteiger partial charge in [-0.25, -0.2) is 0 Å². The zero-order valence-electron chi connectivity index (χ0n) is 14.5. The van der Waals surface area contributed by atoms with E-state index in [0.717, 1.165) is 49.1 Å². The Balaban J connectivity index is 1.63. The SMILES string of the molecule is Cc1cccc(NC(=O)CN(CC2CCCO2)C(=O)C2CC2)c1C. The molecule has 5 heteroatoms. The average Bonchev–Trinajstić information content (AvgIpc) is 3.28. The Labute approximate surface area is 143 Å². The van der Waals surface area contributed by atoms with Crippen molar-refractivity contribution >= 4 is 17.5 Å². The summed E-state index contributed by atoms with van der Waals surface area (Å²) in [5.41, 5.74) is 3.01. The maximum absolute atomic E-state index is 12.5. The van der Waals surface area contributed by atoms with Crippen LogP contribution in [0.2, 0.25) is 0 Å². The Morgan fingerprint density at radius 3 is 2.71 bits per heavy atom. The van der Waals surface area contributed by atoms with Gasteiger partial charge in [0, 0.05) is 24.8 Å². The first-order valence-electron chi connectivity index (χ1n) is 8.81. The molecule has 0 spiro atoms. The quantitative estimate of drug-likeness (QED) is 0.872. The van der Waals surface area contributed by atoms with Gasteiger partial charge in [0.15, 0.2) is 0 Å². The summed E-state index contributed by atoms with van der Waals surface area (Å²) in [5, 5.41) is 2.95. The maximum atomic E-state index is 12.5. The molecular formula is C19H26N2O3. The van der Waals surface area contributed by atoms with Crippen LogP contribution in [0, 0.1) is 19.8 Å². The minimum Gasteiger partial charge on any atom is -0.376 e. The maximum Gasteiger partial charge on any atom is 0.244 e. The first kappa shape index (κ1) is 17.0. The molecular weight excluding hydrogens is 304 g/mol. The molecule has 1 aromatic carbocycles. The third-order valence-corrected chi connectivity index (χ3v) is 4.90. The van der Waals surface area contributed by atoms with Crippen molar-refractivity contribution in [2.45, 2.75) is 45.6 Å². The van der Waals surface area contributed by atoms with Gasteiger partial charge in [-0.3, -0.25) is 9.59 Å². The fourth-order valence-corrected chi connectivity index (χ4v) is 3.10. The van der Waals surface area contributed by atoms with Gasteiger partial charge in [-0.05, 0) is 56.7 Å². The van der Waals surface area contributed by atoms with Gasteiger partial charge < -0.3 is 15.0 Å². The van der Waals surface area contributed by atoms with Crippen LogP contribution in [0.4, 0.5) is 5.69 Å². The molecule has 1 N–H and O–H groups in total. The summed E-state index contributed by atoms with van der Waals surface area (Å²) >= 11 is 0. The fraction of sp³-hybridized carbons (Fsp3) is 0.579. The van der Waals surface area contributed by atoms with E-state index in [-0.39, 0.29) is 30.4 Å². The van der Waals surface area contributed by atoms with E-state index in [4.69, 9.17) is 4.74 Å². The summed E-state index contributed by atoms with van der Waals surface area (Å²) in [6.07, 6.45) is 3.96. The van der Waals surface area contributed by atoms with Gasteiger partial charge in [-0.1, -0.05) is 12.1 Å². The molecule has 1 heterocycles. The Bertz CT molecular complexity index is 619. The lowest BCUT2D eigenvalue weighted by Crippen LogP contribution is -2.43. The summed E-state index contributed by atoms with van der Waals surface area (Å²) in [6.45, 7) is 5.39. The van der Waals surface area contributed by atoms with Gasteiger partial charge in [0.2, 0.25) is 11.8 Å². The number of benzene rings is 1. The summed E-state index contributed by atoms with van der Waals surface area (Å²) in [6, 6.07) is 5.84. The smallest absolute Gasteiger partial charge is 0.244 e. The second-order valence-electron chi connectivity index (χ2n) is 6.92. The Kier molecular flexibility index (Phi) is 5.19. The molecule has 1 saturated heterocycles. The number of hydrogen-bond acceptors (Lipinski definition) is 3. The molecule has 1 atom stereocenters.